The van der Waals surface area contributed by atoms with E-state index in [0.717, 1.165) is 16.5 Å². The Labute approximate surface area is 83.2 Å². The topological polar surface area (TPSA) is 33.4 Å². The average Bonchev–Trinajstić information content (AvgIpc) is 2.47. The molecule has 2 aromatic rings. The molecule has 0 radical (unpaired) electrons. The summed E-state index contributed by atoms with van der Waals surface area (Å²) in [5, 5.41) is 10.6. The second kappa shape index (κ2) is 2.77. The van der Waals surface area contributed by atoms with Gasteiger partial charge in [-0.25, -0.2) is 0 Å². The molecule has 0 spiro atoms. The molecule has 74 valence electrons. The maximum Gasteiger partial charge on any atom is 0.137 e. The van der Waals surface area contributed by atoms with E-state index in [0.29, 0.717) is 5.75 Å². The van der Waals surface area contributed by atoms with Crippen molar-refractivity contribution >= 4 is 11.0 Å². The molecule has 0 aliphatic heterocycles. The third-order valence-electron chi connectivity index (χ3n) is 2.39. The molecule has 2 heteroatoms. The number of hydrogen-bond donors (Lipinski definition) is 1. The number of hydrogen-bond acceptors (Lipinski definition) is 2. The fourth-order valence-electron chi connectivity index (χ4n) is 1.62. The van der Waals surface area contributed by atoms with Gasteiger partial charge in [0.1, 0.15) is 11.3 Å². The Bertz CT molecular complexity index is 461. The van der Waals surface area contributed by atoms with Crippen LogP contribution in [0, 0.1) is 0 Å². The Kier molecular flexibility index (Phi) is 1.81. The van der Waals surface area contributed by atoms with Crippen LogP contribution < -0.4 is 0 Å². The van der Waals surface area contributed by atoms with Crippen molar-refractivity contribution < 1.29 is 9.52 Å². The third-order valence-corrected chi connectivity index (χ3v) is 2.39. The van der Waals surface area contributed by atoms with Crippen LogP contribution in [0.3, 0.4) is 0 Å². The smallest absolute Gasteiger partial charge is 0.137 e. The zero-order valence-corrected chi connectivity index (χ0v) is 8.66. The lowest BCUT2D eigenvalue weighted by Crippen LogP contribution is -2.09. The number of aromatic hydroxyl groups is 1. The second-order valence-electron chi connectivity index (χ2n) is 4.55. The monoisotopic (exact) mass is 190 g/mol. The summed E-state index contributed by atoms with van der Waals surface area (Å²) in [6.45, 7) is 6.30. The highest BCUT2D eigenvalue weighted by molar-refractivity contribution is 5.88. The number of phenols is 1. The first-order chi connectivity index (χ1) is 6.50. The Morgan fingerprint density at radius 2 is 1.93 bits per heavy atom. The van der Waals surface area contributed by atoms with E-state index in [1.807, 2.05) is 6.07 Å². The minimum Gasteiger partial charge on any atom is -0.507 e. The summed E-state index contributed by atoms with van der Waals surface area (Å²) in [6, 6.07) is 5.34. The van der Waals surface area contributed by atoms with Crippen molar-refractivity contribution in [2.75, 3.05) is 0 Å². The summed E-state index contributed by atoms with van der Waals surface area (Å²) in [5.41, 5.74) is 1.78. The Hall–Kier alpha value is -1.44. The highest BCUT2D eigenvalue weighted by Crippen LogP contribution is 2.36. The SMILES string of the molecule is CC(C)(C)c1coc2cccc(O)c12. The van der Waals surface area contributed by atoms with Gasteiger partial charge in [-0.1, -0.05) is 26.8 Å². The van der Waals surface area contributed by atoms with E-state index in [2.05, 4.69) is 20.8 Å². The van der Waals surface area contributed by atoms with Gasteiger partial charge in [0.2, 0.25) is 0 Å². The molecule has 14 heavy (non-hydrogen) atoms. The summed E-state index contributed by atoms with van der Waals surface area (Å²) < 4.78 is 5.40. The van der Waals surface area contributed by atoms with Gasteiger partial charge >= 0.3 is 0 Å². The van der Waals surface area contributed by atoms with Crippen molar-refractivity contribution in [2.45, 2.75) is 26.2 Å². The second-order valence-corrected chi connectivity index (χ2v) is 4.55. The molecule has 0 aliphatic rings. The molecule has 2 nitrogen and oxygen atoms in total. The number of furan rings is 1. The molecule has 0 saturated heterocycles. The van der Waals surface area contributed by atoms with Gasteiger partial charge in [0, 0.05) is 5.56 Å². The molecule has 0 fully saturated rings. The van der Waals surface area contributed by atoms with Crippen molar-refractivity contribution in [2.24, 2.45) is 0 Å². The molecule has 0 atom stereocenters. The van der Waals surface area contributed by atoms with Gasteiger partial charge in [-0.05, 0) is 17.5 Å². The fourth-order valence-corrected chi connectivity index (χ4v) is 1.62. The van der Waals surface area contributed by atoms with Gasteiger partial charge in [-0.2, -0.15) is 0 Å². The van der Waals surface area contributed by atoms with Crippen molar-refractivity contribution in [3.05, 3.63) is 30.0 Å². The Morgan fingerprint density at radius 1 is 1.21 bits per heavy atom. The van der Waals surface area contributed by atoms with Gasteiger partial charge < -0.3 is 9.52 Å². The molecule has 0 bridgehead atoms. The molecule has 1 aromatic heterocycles. The van der Waals surface area contributed by atoms with Gasteiger partial charge in [-0.15, -0.1) is 0 Å². The summed E-state index contributed by atoms with van der Waals surface area (Å²) in [6.07, 6.45) is 1.73. The van der Waals surface area contributed by atoms with Crippen LogP contribution in [-0.2, 0) is 5.41 Å². The van der Waals surface area contributed by atoms with Crippen LogP contribution in [0.4, 0.5) is 0 Å². The van der Waals surface area contributed by atoms with E-state index >= 15 is 0 Å². The lowest BCUT2D eigenvalue weighted by Gasteiger charge is -2.16. The van der Waals surface area contributed by atoms with E-state index in [4.69, 9.17) is 4.42 Å². The van der Waals surface area contributed by atoms with Crippen LogP contribution in [0.5, 0.6) is 5.75 Å². The van der Waals surface area contributed by atoms with E-state index in [1.54, 1.807) is 18.4 Å². The van der Waals surface area contributed by atoms with Crippen LogP contribution >= 0.6 is 0 Å². The maximum atomic E-state index is 9.74. The first kappa shape index (κ1) is 9.13. The molecular weight excluding hydrogens is 176 g/mol. The van der Waals surface area contributed by atoms with E-state index in [9.17, 15) is 5.11 Å². The van der Waals surface area contributed by atoms with Crippen molar-refractivity contribution in [1.82, 2.24) is 0 Å². The van der Waals surface area contributed by atoms with Gasteiger partial charge in [0.15, 0.2) is 0 Å². The standard InChI is InChI=1S/C12H14O2/c1-12(2,3)8-7-14-10-6-4-5-9(13)11(8)10/h4-7,13H,1-3H3. The van der Waals surface area contributed by atoms with E-state index < -0.39 is 0 Å². The highest BCUT2D eigenvalue weighted by atomic mass is 16.3. The molecule has 1 heterocycles. The van der Waals surface area contributed by atoms with Crippen LogP contribution in [0.15, 0.2) is 28.9 Å². The maximum absolute atomic E-state index is 9.74. The summed E-state index contributed by atoms with van der Waals surface area (Å²) >= 11 is 0. The number of rotatable bonds is 0. The molecule has 2 rings (SSSR count). The number of fused-ring (bicyclic) bond motifs is 1. The molecule has 0 unspecified atom stereocenters. The Balaban J connectivity index is 2.80. The molecular formula is C12H14O2. The predicted octanol–water partition coefficient (Wildman–Crippen LogP) is 3.44. The molecule has 0 amide bonds. The highest BCUT2D eigenvalue weighted by Gasteiger charge is 2.21. The zero-order chi connectivity index (χ0) is 10.3. The van der Waals surface area contributed by atoms with E-state index in [1.165, 1.54) is 0 Å². The normalized spacial score (nSPS) is 12.2. The Morgan fingerprint density at radius 3 is 2.57 bits per heavy atom. The number of phenolic OH excluding ortho intramolecular Hbond substituents is 1. The molecule has 0 aliphatic carbocycles. The average molecular weight is 190 g/mol. The molecule has 1 aromatic carbocycles. The lowest BCUT2D eigenvalue weighted by atomic mass is 9.87. The van der Waals surface area contributed by atoms with Gasteiger partial charge in [-0.3, -0.25) is 0 Å². The minimum atomic E-state index is -0.00984. The van der Waals surface area contributed by atoms with Crippen molar-refractivity contribution in [1.29, 1.82) is 0 Å². The van der Waals surface area contributed by atoms with Gasteiger partial charge in [0.05, 0.1) is 11.6 Å². The fraction of sp³-hybridized carbons (Fsp3) is 0.333. The first-order valence-corrected chi connectivity index (χ1v) is 4.70. The number of benzene rings is 1. The zero-order valence-electron chi connectivity index (χ0n) is 8.66. The van der Waals surface area contributed by atoms with Crippen molar-refractivity contribution in [3.8, 4) is 5.75 Å². The van der Waals surface area contributed by atoms with E-state index in [-0.39, 0.29) is 5.41 Å². The summed E-state index contributed by atoms with van der Waals surface area (Å²) in [4.78, 5) is 0. The van der Waals surface area contributed by atoms with Crippen molar-refractivity contribution in [3.63, 3.8) is 0 Å². The largest absolute Gasteiger partial charge is 0.507 e. The third kappa shape index (κ3) is 1.27. The lowest BCUT2D eigenvalue weighted by molar-refractivity contribution is 0.479. The summed E-state index contributed by atoms with van der Waals surface area (Å²) in [5.74, 6) is 0.293. The summed E-state index contributed by atoms with van der Waals surface area (Å²) in [7, 11) is 0. The first-order valence-electron chi connectivity index (χ1n) is 4.70. The predicted molar refractivity (Wildman–Crippen MR) is 56.6 cm³/mol. The van der Waals surface area contributed by atoms with Crippen LogP contribution in [0.2, 0.25) is 0 Å². The quantitative estimate of drug-likeness (QED) is 0.690. The molecule has 0 saturated carbocycles. The van der Waals surface area contributed by atoms with Crippen LogP contribution in [0.1, 0.15) is 26.3 Å². The van der Waals surface area contributed by atoms with Gasteiger partial charge in [0.25, 0.3) is 0 Å². The van der Waals surface area contributed by atoms with Crippen LogP contribution in [-0.4, -0.2) is 5.11 Å². The minimum absolute atomic E-state index is 0.00984. The molecule has 1 N–H and O–H groups in total. The van der Waals surface area contributed by atoms with Crippen LogP contribution in [0.25, 0.3) is 11.0 Å².